The van der Waals surface area contributed by atoms with Gasteiger partial charge in [0.2, 0.25) is 11.8 Å². The first-order chi connectivity index (χ1) is 18.9. The number of anilines is 1. The number of hydrogen-bond donors (Lipinski definition) is 1. The summed E-state index contributed by atoms with van der Waals surface area (Å²) < 4.78 is 34.1. The average Bonchev–Trinajstić information content (AvgIpc) is 2.92. The van der Waals surface area contributed by atoms with Crippen molar-refractivity contribution in [3.8, 4) is 5.75 Å². The number of methoxy groups -OCH3 is 1. The number of aryl methyl sites for hydroxylation is 1. The second-order valence-corrected chi connectivity index (χ2v) is 12.5. The number of carbonyl (C=O) groups is 2. The molecule has 214 valence electrons. The van der Waals surface area contributed by atoms with Crippen molar-refractivity contribution in [3.63, 3.8) is 0 Å². The standard InChI is InChI=1S/C31H39N3O5S/c1-7-28(30(36)32-31(3,4)5)33(21-24-14-12-11-13-23(24)2)29(35)22-34(25-17-19-26(39-6)20-18-25)40(37,38)27-15-9-8-10-16-27/h8-20,28H,7,21-22H2,1-6H3,(H,32,36)/t28-/m1/s1. The maximum absolute atomic E-state index is 14.1. The van der Waals surface area contributed by atoms with Gasteiger partial charge in [-0.25, -0.2) is 8.42 Å². The molecule has 8 nitrogen and oxygen atoms in total. The molecule has 0 fully saturated rings. The van der Waals surface area contributed by atoms with Crippen LogP contribution in [0.25, 0.3) is 0 Å². The van der Waals surface area contributed by atoms with Gasteiger partial charge in [-0.05, 0) is 81.6 Å². The van der Waals surface area contributed by atoms with Crippen LogP contribution >= 0.6 is 0 Å². The number of ether oxygens (including phenoxy) is 1. The summed E-state index contributed by atoms with van der Waals surface area (Å²) in [5, 5.41) is 2.98. The Morgan fingerprint density at radius 1 is 0.925 bits per heavy atom. The van der Waals surface area contributed by atoms with Gasteiger partial charge in [-0.15, -0.1) is 0 Å². The van der Waals surface area contributed by atoms with Crippen molar-refractivity contribution >= 4 is 27.5 Å². The molecule has 0 aliphatic heterocycles. The second-order valence-electron chi connectivity index (χ2n) is 10.6. The van der Waals surface area contributed by atoms with Crippen LogP contribution in [0.2, 0.25) is 0 Å². The third-order valence-electron chi connectivity index (χ3n) is 6.46. The summed E-state index contributed by atoms with van der Waals surface area (Å²) in [6.45, 7) is 9.08. The van der Waals surface area contributed by atoms with E-state index in [2.05, 4.69) is 5.32 Å². The minimum absolute atomic E-state index is 0.0570. The summed E-state index contributed by atoms with van der Waals surface area (Å²) >= 11 is 0. The Labute approximate surface area is 238 Å². The molecule has 3 rings (SSSR count). The molecule has 0 aromatic heterocycles. The van der Waals surface area contributed by atoms with E-state index in [0.717, 1.165) is 15.4 Å². The molecular weight excluding hydrogens is 526 g/mol. The van der Waals surface area contributed by atoms with Gasteiger partial charge in [0.1, 0.15) is 18.3 Å². The van der Waals surface area contributed by atoms with Gasteiger partial charge in [0.15, 0.2) is 0 Å². The molecule has 3 aromatic carbocycles. The number of benzene rings is 3. The van der Waals surface area contributed by atoms with E-state index in [1.165, 1.54) is 24.1 Å². The van der Waals surface area contributed by atoms with Crippen LogP contribution in [-0.2, 0) is 26.2 Å². The predicted molar refractivity (Wildman–Crippen MR) is 158 cm³/mol. The molecule has 0 heterocycles. The number of sulfonamides is 1. The summed E-state index contributed by atoms with van der Waals surface area (Å²) in [6, 6.07) is 21.3. The van der Waals surface area contributed by atoms with Crippen molar-refractivity contribution in [1.29, 1.82) is 0 Å². The molecule has 1 N–H and O–H groups in total. The Balaban J connectivity index is 2.07. The summed E-state index contributed by atoms with van der Waals surface area (Å²) in [4.78, 5) is 29.1. The quantitative estimate of drug-likeness (QED) is 0.356. The normalized spacial score (nSPS) is 12.3. The van der Waals surface area contributed by atoms with Gasteiger partial charge in [0.25, 0.3) is 10.0 Å². The summed E-state index contributed by atoms with van der Waals surface area (Å²) in [6.07, 6.45) is 0.355. The average molecular weight is 566 g/mol. The molecule has 40 heavy (non-hydrogen) atoms. The molecule has 0 saturated heterocycles. The molecule has 0 radical (unpaired) electrons. The summed E-state index contributed by atoms with van der Waals surface area (Å²) in [5.41, 5.74) is 1.64. The van der Waals surface area contributed by atoms with Crippen molar-refractivity contribution in [3.05, 3.63) is 90.0 Å². The van der Waals surface area contributed by atoms with Crippen molar-refractivity contribution in [2.45, 2.75) is 64.1 Å². The first-order valence-corrected chi connectivity index (χ1v) is 14.7. The molecule has 0 bridgehead atoms. The van der Waals surface area contributed by atoms with E-state index in [9.17, 15) is 18.0 Å². The van der Waals surface area contributed by atoms with E-state index in [-0.39, 0.29) is 17.3 Å². The molecule has 0 spiro atoms. The van der Waals surface area contributed by atoms with E-state index in [1.807, 2.05) is 58.9 Å². The van der Waals surface area contributed by atoms with Crippen LogP contribution in [0, 0.1) is 6.92 Å². The smallest absolute Gasteiger partial charge is 0.264 e. The lowest BCUT2D eigenvalue weighted by molar-refractivity contribution is -0.141. The highest BCUT2D eigenvalue weighted by Gasteiger charge is 2.34. The Bertz CT molecular complexity index is 1400. The van der Waals surface area contributed by atoms with Gasteiger partial charge in [0.05, 0.1) is 17.7 Å². The van der Waals surface area contributed by atoms with Gasteiger partial charge in [-0.2, -0.15) is 0 Å². The second kappa shape index (κ2) is 13.0. The molecule has 2 amide bonds. The fourth-order valence-electron chi connectivity index (χ4n) is 4.34. The third-order valence-corrected chi connectivity index (χ3v) is 8.24. The van der Waals surface area contributed by atoms with E-state index >= 15 is 0 Å². The first-order valence-electron chi connectivity index (χ1n) is 13.2. The number of nitrogens with one attached hydrogen (secondary N) is 1. The summed E-state index contributed by atoms with van der Waals surface area (Å²) in [7, 11) is -2.60. The van der Waals surface area contributed by atoms with Crippen LogP contribution in [0.5, 0.6) is 5.75 Å². The molecule has 0 unspecified atom stereocenters. The zero-order valence-corrected chi connectivity index (χ0v) is 24.9. The lowest BCUT2D eigenvalue weighted by Gasteiger charge is -2.35. The van der Waals surface area contributed by atoms with Crippen molar-refractivity contribution < 1.29 is 22.7 Å². The topological polar surface area (TPSA) is 96.0 Å². The van der Waals surface area contributed by atoms with Crippen molar-refractivity contribution in [1.82, 2.24) is 10.2 Å². The molecular formula is C31H39N3O5S. The van der Waals surface area contributed by atoms with Crippen LogP contribution in [0.3, 0.4) is 0 Å². The van der Waals surface area contributed by atoms with Crippen LogP contribution in [-0.4, -0.2) is 50.4 Å². The monoisotopic (exact) mass is 565 g/mol. The predicted octanol–water partition coefficient (Wildman–Crippen LogP) is 4.92. The van der Waals surface area contributed by atoms with Crippen LogP contribution < -0.4 is 14.4 Å². The van der Waals surface area contributed by atoms with E-state index in [4.69, 9.17) is 4.74 Å². The highest BCUT2D eigenvalue weighted by Crippen LogP contribution is 2.27. The lowest BCUT2D eigenvalue weighted by Crippen LogP contribution is -2.55. The van der Waals surface area contributed by atoms with Gasteiger partial charge in [-0.1, -0.05) is 49.4 Å². The number of amides is 2. The molecule has 1 atom stereocenters. The molecule has 3 aromatic rings. The molecule has 0 aliphatic rings. The van der Waals surface area contributed by atoms with Gasteiger partial charge >= 0.3 is 0 Å². The molecule has 9 heteroatoms. The van der Waals surface area contributed by atoms with Gasteiger partial charge in [-0.3, -0.25) is 13.9 Å². The Kier molecular flexibility index (Phi) is 9.98. The van der Waals surface area contributed by atoms with Crippen molar-refractivity contribution in [2.24, 2.45) is 0 Å². The molecule has 0 saturated carbocycles. The number of rotatable bonds is 11. The number of hydrogen-bond acceptors (Lipinski definition) is 5. The maximum Gasteiger partial charge on any atom is 0.264 e. The zero-order chi connectivity index (χ0) is 29.5. The Morgan fingerprint density at radius 3 is 2.08 bits per heavy atom. The van der Waals surface area contributed by atoms with E-state index in [1.54, 1.807) is 42.5 Å². The zero-order valence-electron chi connectivity index (χ0n) is 24.0. The third kappa shape index (κ3) is 7.63. The fraction of sp³-hybridized carbons (Fsp3) is 0.355. The van der Waals surface area contributed by atoms with E-state index < -0.39 is 34.1 Å². The first kappa shape index (κ1) is 30.7. The van der Waals surface area contributed by atoms with Gasteiger partial charge in [0, 0.05) is 12.1 Å². The van der Waals surface area contributed by atoms with Gasteiger partial charge < -0.3 is 15.0 Å². The van der Waals surface area contributed by atoms with Crippen molar-refractivity contribution in [2.75, 3.05) is 18.0 Å². The lowest BCUT2D eigenvalue weighted by atomic mass is 10.0. The Morgan fingerprint density at radius 2 is 1.52 bits per heavy atom. The minimum atomic E-state index is -4.12. The summed E-state index contributed by atoms with van der Waals surface area (Å²) in [5.74, 6) is -0.230. The number of carbonyl (C=O) groups excluding carboxylic acids is 2. The fourth-order valence-corrected chi connectivity index (χ4v) is 5.78. The van der Waals surface area contributed by atoms with E-state index in [0.29, 0.717) is 17.9 Å². The highest BCUT2D eigenvalue weighted by atomic mass is 32.2. The number of nitrogens with zero attached hydrogens (tertiary/aromatic N) is 2. The van der Waals surface area contributed by atoms with Crippen LogP contribution in [0.4, 0.5) is 5.69 Å². The Hall–Kier alpha value is -3.85. The maximum atomic E-state index is 14.1. The minimum Gasteiger partial charge on any atom is -0.497 e. The largest absolute Gasteiger partial charge is 0.497 e. The SMILES string of the molecule is CC[C@H](C(=O)NC(C)(C)C)N(Cc1ccccc1C)C(=O)CN(c1ccc(OC)cc1)S(=O)(=O)c1ccccc1. The highest BCUT2D eigenvalue weighted by molar-refractivity contribution is 7.92. The van der Waals surface area contributed by atoms with Crippen LogP contribution in [0.1, 0.15) is 45.2 Å². The molecule has 0 aliphatic carbocycles. The van der Waals surface area contributed by atoms with Crippen LogP contribution in [0.15, 0.2) is 83.8 Å².